The van der Waals surface area contributed by atoms with Crippen molar-refractivity contribution in [1.82, 2.24) is 19.5 Å². The molecule has 5 rings (SSSR count). The van der Waals surface area contributed by atoms with Crippen LogP contribution in [0.2, 0.25) is 10.0 Å². The molecule has 2 aromatic heterocycles. The van der Waals surface area contributed by atoms with E-state index in [1.54, 1.807) is 6.20 Å². The van der Waals surface area contributed by atoms with E-state index in [0.717, 1.165) is 12.8 Å². The Bertz CT molecular complexity index is 1240. The monoisotopic (exact) mass is 519 g/mol. The van der Waals surface area contributed by atoms with Gasteiger partial charge >= 0.3 is 0 Å². The molecule has 0 atom stereocenters. The highest BCUT2D eigenvalue weighted by Crippen LogP contribution is 2.43. The number of benzene rings is 1. The van der Waals surface area contributed by atoms with Crippen LogP contribution < -0.4 is 16.4 Å². The summed E-state index contributed by atoms with van der Waals surface area (Å²) in [6, 6.07) is 3.02. The van der Waals surface area contributed by atoms with Crippen molar-refractivity contribution in [3.8, 4) is 0 Å². The Balaban J connectivity index is 1.54. The fourth-order valence-corrected chi connectivity index (χ4v) is 5.68. The number of halogens is 3. The van der Waals surface area contributed by atoms with Crippen molar-refractivity contribution in [3.05, 3.63) is 34.2 Å². The van der Waals surface area contributed by atoms with Gasteiger partial charge in [-0.3, -0.25) is 9.36 Å². The molecule has 35 heavy (non-hydrogen) atoms. The summed E-state index contributed by atoms with van der Waals surface area (Å²) in [6.45, 7) is 1.91. The zero-order chi connectivity index (χ0) is 24.7. The number of nitrogens with one attached hydrogen (secondary N) is 2. The highest BCUT2D eigenvalue weighted by molar-refractivity contribution is 6.36. The summed E-state index contributed by atoms with van der Waals surface area (Å²) >= 11 is 12.2. The number of hydrogen-bond acceptors (Lipinski definition) is 6. The van der Waals surface area contributed by atoms with Crippen LogP contribution in [0.5, 0.6) is 0 Å². The van der Waals surface area contributed by atoms with Crippen LogP contribution in [0, 0.1) is 11.2 Å². The van der Waals surface area contributed by atoms with Crippen LogP contribution in [0.25, 0.3) is 11.2 Å². The number of rotatable bonds is 6. The Morgan fingerprint density at radius 3 is 2.54 bits per heavy atom. The topological polar surface area (TPSA) is 111 Å². The average molecular weight is 520 g/mol. The lowest BCUT2D eigenvalue weighted by Crippen LogP contribution is -2.38. The summed E-state index contributed by atoms with van der Waals surface area (Å²) in [5.41, 5.74) is 6.43. The van der Waals surface area contributed by atoms with Gasteiger partial charge in [-0.15, -0.1) is 0 Å². The lowest BCUT2D eigenvalue weighted by atomic mass is 9.73. The predicted octanol–water partition coefficient (Wildman–Crippen LogP) is 5.98. The van der Waals surface area contributed by atoms with E-state index in [2.05, 4.69) is 20.6 Å². The molecule has 3 aromatic rings. The second-order valence-electron chi connectivity index (χ2n) is 9.86. The minimum Gasteiger partial charge on any atom is -0.369 e. The van der Waals surface area contributed by atoms with E-state index in [1.807, 2.05) is 11.5 Å². The molecular weight excluding hydrogens is 492 g/mol. The van der Waals surface area contributed by atoms with Gasteiger partial charge in [-0.2, -0.15) is 4.98 Å². The minimum absolute atomic E-state index is 0.0155. The van der Waals surface area contributed by atoms with Crippen molar-refractivity contribution < 1.29 is 9.18 Å². The molecule has 0 bridgehead atoms. The van der Waals surface area contributed by atoms with E-state index in [1.165, 1.54) is 25.0 Å². The third kappa shape index (κ3) is 4.76. The van der Waals surface area contributed by atoms with E-state index in [-0.39, 0.29) is 27.7 Å². The molecule has 0 aliphatic heterocycles. The van der Waals surface area contributed by atoms with Crippen molar-refractivity contribution >= 4 is 57.9 Å². The number of aromatic nitrogens is 4. The summed E-state index contributed by atoms with van der Waals surface area (Å²) in [5.74, 6) is 0.0830. The Morgan fingerprint density at radius 1 is 1.17 bits per heavy atom. The van der Waals surface area contributed by atoms with E-state index >= 15 is 0 Å². The van der Waals surface area contributed by atoms with Crippen LogP contribution in [0.3, 0.4) is 0 Å². The predicted molar refractivity (Wildman–Crippen MR) is 136 cm³/mol. The Hall–Kier alpha value is -2.65. The normalized spacial score (nSPS) is 23.0. The number of primary amides is 1. The molecular formula is C24H28Cl2FN7O. The summed E-state index contributed by atoms with van der Waals surface area (Å²) < 4.78 is 16.7. The van der Waals surface area contributed by atoms with Crippen molar-refractivity contribution in [1.29, 1.82) is 0 Å². The smallest absolute Gasteiger partial charge is 0.224 e. The van der Waals surface area contributed by atoms with Gasteiger partial charge in [-0.1, -0.05) is 43.0 Å². The lowest BCUT2D eigenvalue weighted by Gasteiger charge is -2.35. The molecule has 186 valence electrons. The standard InChI is InChI=1S/C24H28Cl2FN7O/c1-24(21(28)35)8-6-15(7-9-24)34-20-18(12-29-22(33-20)30-14-4-2-3-5-14)31-23(34)32-19-16(26)10-13(25)11-17(19)27/h10-12,14-15H,2-9H2,1H3,(H2,28,35)(H,31,32)(H,29,30,33). The molecule has 2 aliphatic carbocycles. The van der Waals surface area contributed by atoms with E-state index < -0.39 is 11.2 Å². The zero-order valence-electron chi connectivity index (χ0n) is 19.5. The SMILES string of the molecule is CC1(C(N)=O)CCC(n2c(Nc3c(F)cc(Cl)cc3Cl)nc3cnc(NC4CCCC4)nc32)CC1. The fourth-order valence-electron chi connectivity index (χ4n) is 5.16. The quantitative estimate of drug-likeness (QED) is 0.369. The molecule has 1 amide bonds. The summed E-state index contributed by atoms with van der Waals surface area (Å²) in [7, 11) is 0. The fraction of sp³-hybridized carbons (Fsp3) is 0.500. The second kappa shape index (κ2) is 9.43. The molecule has 0 unspecified atom stereocenters. The molecule has 0 spiro atoms. The molecule has 0 radical (unpaired) electrons. The number of hydrogen-bond donors (Lipinski definition) is 3. The molecule has 2 saturated carbocycles. The van der Waals surface area contributed by atoms with Crippen LogP contribution in [0.1, 0.15) is 64.3 Å². The van der Waals surface area contributed by atoms with Crippen molar-refractivity contribution in [2.75, 3.05) is 10.6 Å². The number of carbonyl (C=O) groups excluding carboxylic acids is 1. The van der Waals surface area contributed by atoms with Gasteiger partial charge in [0, 0.05) is 22.5 Å². The number of carbonyl (C=O) groups is 1. The number of fused-ring (bicyclic) bond motifs is 1. The molecule has 2 fully saturated rings. The Labute approximate surface area is 212 Å². The second-order valence-corrected chi connectivity index (χ2v) is 10.7. The summed E-state index contributed by atoms with van der Waals surface area (Å²) in [4.78, 5) is 25.9. The Morgan fingerprint density at radius 2 is 1.89 bits per heavy atom. The van der Waals surface area contributed by atoms with Crippen LogP contribution in [-0.4, -0.2) is 31.5 Å². The highest BCUT2D eigenvalue weighted by Gasteiger charge is 2.37. The molecule has 1 aromatic carbocycles. The van der Waals surface area contributed by atoms with Crippen LogP contribution in [0.15, 0.2) is 18.3 Å². The number of anilines is 3. The largest absolute Gasteiger partial charge is 0.369 e. The minimum atomic E-state index is -0.583. The molecule has 4 N–H and O–H groups in total. The Kier molecular flexibility index (Phi) is 6.48. The third-order valence-electron chi connectivity index (χ3n) is 7.38. The number of imidazole rings is 1. The highest BCUT2D eigenvalue weighted by atomic mass is 35.5. The average Bonchev–Trinajstić information content (AvgIpc) is 3.44. The molecule has 0 saturated heterocycles. The van der Waals surface area contributed by atoms with Gasteiger partial charge in [-0.25, -0.2) is 14.4 Å². The van der Waals surface area contributed by atoms with E-state index in [9.17, 15) is 9.18 Å². The molecule has 2 heterocycles. The van der Waals surface area contributed by atoms with Gasteiger partial charge in [0.2, 0.25) is 17.8 Å². The lowest BCUT2D eigenvalue weighted by molar-refractivity contribution is -0.128. The van der Waals surface area contributed by atoms with Gasteiger partial charge < -0.3 is 16.4 Å². The van der Waals surface area contributed by atoms with Crippen molar-refractivity contribution in [3.63, 3.8) is 0 Å². The third-order valence-corrected chi connectivity index (χ3v) is 7.90. The van der Waals surface area contributed by atoms with Crippen LogP contribution in [-0.2, 0) is 4.79 Å². The number of amides is 1. The molecule has 8 nitrogen and oxygen atoms in total. The van der Waals surface area contributed by atoms with Gasteiger partial charge in [0.05, 0.1) is 16.9 Å². The maximum atomic E-state index is 14.8. The number of nitrogens with zero attached hydrogens (tertiary/aromatic N) is 4. The first-order valence-electron chi connectivity index (χ1n) is 12.0. The molecule has 11 heteroatoms. The zero-order valence-corrected chi connectivity index (χ0v) is 21.0. The summed E-state index contributed by atoms with van der Waals surface area (Å²) in [6.07, 6.45) is 8.93. The first-order chi connectivity index (χ1) is 16.7. The number of nitrogens with two attached hydrogens (primary N) is 1. The van der Waals surface area contributed by atoms with Gasteiger partial charge in [0.25, 0.3) is 0 Å². The summed E-state index contributed by atoms with van der Waals surface area (Å²) in [5, 5.41) is 6.85. The maximum Gasteiger partial charge on any atom is 0.224 e. The van der Waals surface area contributed by atoms with Gasteiger partial charge in [-0.05, 0) is 50.7 Å². The molecule has 2 aliphatic rings. The van der Waals surface area contributed by atoms with E-state index in [4.69, 9.17) is 33.9 Å². The maximum absolute atomic E-state index is 14.8. The van der Waals surface area contributed by atoms with Gasteiger partial charge in [0.1, 0.15) is 11.3 Å². The van der Waals surface area contributed by atoms with Crippen molar-refractivity contribution in [2.45, 2.75) is 70.4 Å². The van der Waals surface area contributed by atoms with E-state index in [0.29, 0.717) is 54.8 Å². The van der Waals surface area contributed by atoms with Crippen LogP contribution in [0.4, 0.5) is 22.0 Å². The first kappa shape index (κ1) is 24.1. The van der Waals surface area contributed by atoms with Crippen LogP contribution >= 0.6 is 23.2 Å². The van der Waals surface area contributed by atoms with Gasteiger partial charge in [0.15, 0.2) is 5.65 Å². The first-order valence-corrected chi connectivity index (χ1v) is 12.7. The van der Waals surface area contributed by atoms with Crippen molar-refractivity contribution in [2.24, 2.45) is 11.1 Å².